The van der Waals surface area contributed by atoms with E-state index in [9.17, 15) is 9.18 Å². The van der Waals surface area contributed by atoms with Crippen LogP contribution in [0.15, 0.2) is 12.1 Å². The van der Waals surface area contributed by atoms with Gasteiger partial charge in [-0.25, -0.2) is 4.39 Å². The topological polar surface area (TPSA) is 37.3 Å². The molecule has 1 atom stereocenters. The highest BCUT2D eigenvalue weighted by molar-refractivity contribution is 6.30. The fourth-order valence-electron chi connectivity index (χ4n) is 1.52. The summed E-state index contributed by atoms with van der Waals surface area (Å²) in [5, 5.41) is 8.85. The molecule has 4 heteroatoms. The Kier molecular flexibility index (Phi) is 4.30. The normalized spacial score (nSPS) is 12.5. The average molecular weight is 245 g/mol. The van der Waals surface area contributed by atoms with Gasteiger partial charge in [0.15, 0.2) is 0 Å². The molecule has 0 aliphatic heterocycles. The van der Waals surface area contributed by atoms with Crippen LogP contribution in [-0.4, -0.2) is 11.1 Å². The van der Waals surface area contributed by atoms with Crippen LogP contribution in [0.1, 0.15) is 25.0 Å². The summed E-state index contributed by atoms with van der Waals surface area (Å²) in [4.78, 5) is 10.7. The number of carboxylic acid groups (broad SMARTS) is 1. The van der Waals surface area contributed by atoms with E-state index in [1.807, 2.05) is 6.92 Å². The van der Waals surface area contributed by atoms with Crippen molar-refractivity contribution in [2.45, 2.75) is 26.7 Å². The van der Waals surface area contributed by atoms with Crippen LogP contribution in [0.5, 0.6) is 0 Å². The van der Waals surface area contributed by atoms with Gasteiger partial charge in [-0.05, 0) is 30.0 Å². The van der Waals surface area contributed by atoms with E-state index in [0.717, 1.165) is 5.56 Å². The molecular weight excluding hydrogens is 231 g/mol. The van der Waals surface area contributed by atoms with Crippen LogP contribution >= 0.6 is 11.6 Å². The third-order valence-electron chi connectivity index (χ3n) is 2.51. The van der Waals surface area contributed by atoms with Crippen molar-refractivity contribution in [2.75, 3.05) is 0 Å². The molecule has 1 rings (SSSR count). The lowest BCUT2D eigenvalue weighted by atomic mass is 9.98. The molecule has 0 radical (unpaired) electrons. The Bertz CT molecular complexity index is 404. The van der Waals surface area contributed by atoms with Gasteiger partial charge in [0.25, 0.3) is 0 Å². The van der Waals surface area contributed by atoms with Crippen LogP contribution in [0, 0.1) is 11.7 Å². The maximum Gasteiger partial charge on any atom is 0.306 e. The van der Waals surface area contributed by atoms with Crippen molar-refractivity contribution in [3.63, 3.8) is 0 Å². The summed E-state index contributed by atoms with van der Waals surface area (Å²) in [6, 6.07) is 3.18. The second kappa shape index (κ2) is 5.30. The largest absolute Gasteiger partial charge is 0.481 e. The van der Waals surface area contributed by atoms with Crippen molar-refractivity contribution < 1.29 is 14.3 Å². The Hall–Kier alpha value is -1.09. The predicted molar refractivity (Wildman–Crippen MR) is 61.3 cm³/mol. The number of hydrogen-bond acceptors (Lipinski definition) is 1. The van der Waals surface area contributed by atoms with Crippen molar-refractivity contribution in [1.82, 2.24) is 0 Å². The first kappa shape index (κ1) is 13.0. The highest BCUT2D eigenvalue weighted by Crippen LogP contribution is 2.23. The van der Waals surface area contributed by atoms with Crippen LogP contribution in [0.4, 0.5) is 4.39 Å². The first-order valence-corrected chi connectivity index (χ1v) is 5.53. The molecule has 1 aromatic carbocycles. The van der Waals surface area contributed by atoms with Crippen molar-refractivity contribution >= 4 is 17.6 Å². The molecule has 0 saturated carbocycles. The fourth-order valence-corrected chi connectivity index (χ4v) is 1.79. The summed E-state index contributed by atoms with van der Waals surface area (Å²) in [7, 11) is 0. The highest BCUT2D eigenvalue weighted by Gasteiger charge is 2.14. The van der Waals surface area contributed by atoms with Crippen molar-refractivity contribution in [2.24, 2.45) is 5.92 Å². The van der Waals surface area contributed by atoms with Gasteiger partial charge < -0.3 is 5.11 Å². The minimum atomic E-state index is -0.863. The van der Waals surface area contributed by atoms with Crippen molar-refractivity contribution in [3.8, 4) is 0 Å². The zero-order valence-electron chi connectivity index (χ0n) is 9.26. The molecule has 0 amide bonds. The molecular formula is C12H14ClFO2. The maximum atomic E-state index is 13.4. The lowest BCUT2D eigenvalue weighted by Gasteiger charge is -2.09. The number of benzene rings is 1. The zero-order valence-corrected chi connectivity index (χ0v) is 10.0. The van der Waals surface area contributed by atoms with Crippen LogP contribution in [-0.2, 0) is 17.6 Å². The summed E-state index contributed by atoms with van der Waals surface area (Å²) in [5.74, 6) is -1.76. The minimum Gasteiger partial charge on any atom is -0.481 e. The van der Waals surface area contributed by atoms with Gasteiger partial charge in [-0.2, -0.15) is 0 Å². The SMILES string of the molecule is CCc1cc(CC(C)C(=O)O)cc(Cl)c1F. The van der Waals surface area contributed by atoms with Crippen LogP contribution in [0.3, 0.4) is 0 Å². The molecule has 0 aliphatic carbocycles. The number of halogens is 2. The second-order valence-electron chi connectivity index (χ2n) is 3.85. The van der Waals surface area contributed by atoms with Gasteiger partial charge in [-0.15, -0.1) is 0 Å². The van der Waals surface area contributed by atoms with E-state index in [1.165, 1.54) is 6.07 Å². The number of carboxylic acids is 1. The Morgan fingerprint density at radius 3 is 2.69 bits per heavy atom. The van der Waals surface area contributed by atoms with E-state index >= 15 is 0 Å². The number of aliphatic carboxylic acids is 1. The van der Waals surface area contributed by atoms with E-state index in [4.69, 9.17) is 16.7 Å². The fraction of sp³-hybridized carbons (Fsp3) is 0.417. The van der Waals surface area contributed by atoms with E-state index in [-0.39, 0.29) is 5.02 Å². The summed E-state index contributed by atoms with van der Waals surface area (Å²) in [5.41, 5.74) is 1.29. The van der Waals surface area contributed by atoms with Crippen LogP contribution in [0.25, 0.3) is 0 Å². The second-order valence-corrected chi connectivity index (χ2v) is 4.25. The molecule has 0 aromatic heterocycles. The molecule has 0 saturated heterocycles. The summed E-state index contributed by atoms with van der Waals surface area (Å²) in [6.07, 6.45) is 0.906. The zero-order chi connectivity index (χ0) is 12.3. The summed E-state index contributed by atoms with van der Waals surface area (Å²) >= 11 is 5.74. The number of hydrogen-bond donors (Lipinski definition) is 1. The average Bonchev–Trinajstić information content (AvgIpc) is 2.22. The van der Waals surface area contributed by atoms with Gasteiger partial charge in [0.1, 0.15) is 5.82 Å². The number of carbonyl (C=O) groups is 1. The lowest BCUT2D eigenvalue weighted by Crippen LogP contribution is -2.12. The van der Waals surface area contributed by atoms with Gasteiger partial charge in [-0.3, -0.25) is 4.79 Å². The first-order chi connectivity index (χ1) is 7.45. The Balaban J connectivity index is 2.98. The Morgan fingerprint density at radius 1 is 1.56 bits per heavy atom. The summed E-state index contributed by atoms with van der Waals surface area (Å²) in [6.45, 7) is 3.45. The molecule has 1 aromatic rings. The molecule has 0 bridgehead atoms. The third-order valence-corrected chi connectivity index (χ3v) is 2.78. The molecule has 2 nitrogen and oxygen atoms in total. The molecule has 16 heavy (non-hydrogen) atoms. The molecule has 1 unspecified atom stereocenters. The molecule has 0 aliphatic rings. The molecule has 0 spiro atoms. The van der Waals surface area contributed by atoms with Crippen LogP contribution < -0.4 is 0 Å². The molecule has 0 heterocycles. The highest BCUT2D eigenvalue weighted by atomic mass is 35.5. The van der Waals surface area contributed by atoms with E-state index in [2.05, 4.69) is 0 Å². The monoisotopic (exact) mass is 244 g/mol. The van der Waals surface area contributed by atoms with Gasteiger partial charge in [0, 0.05) is 0 Å². The number of aryl methyl sites for hydroxylation is 1. The lowest BCUT2D eigenvalue weighted by molar-refractivity contribution is -0.141. The maximum absolute atomic E-state index is 13.4. The van der Waals surface area contributed by atoms with Crippen LogP contribution in [0.2, 0.25) is 5.02 Å². The Morgan fingerprint density at radius 2 is 2.19 bits per heavy atom. The minimum absolute atomic E-state index is 0.0620. The molecule has 0 fully saturated rings. The van der Waals surface area contributed by atoms with Gasteiger partial charge in [-0.1, -0.05) is 31.5 Å². The number of rotatable bonds is 4. The standard InChI is InChI=1S/C12H14ClFO2/c1-3-9-5-8(4-7(2)12(15)16)6-10(13)11(9)14/h5-7H,3-4H2,1-2H3,(H,15,16). The third kappa shape index (κ3) is 2.95. The smallest absolute Gasteiger partial charge is 0.306 e. The van der Waals surface area contributed by atoms with E-state index in [1.54, 1.807) is 13.0 Å². The van der Waals surface area contributed by atoms with E-state index in [0.29, 0.717) is 18.4 Å². The van der Waals surface area contributed by atoms with E-state index < -0.39 is 17.7 Å². The van der Waals surface area contributed by atoms with Gasteiger partial charge >= 0.3 is 5.97 Å². The quantitative estimate of drug-likeness (QED) is 0.882. The predicted octanol–water partition coefficient (Wildman–Crippen LogP) is 3.30. The van der Waals surface area contributed by atoms with Gasteiger partial charge in [0.05, 0.1) is 10.9 Å². The molecule has 88 valence electrons. The Labute approximate surface area is 99.0 Å². The van der Waals surface area contributed by atoms with Crippen molar-refractivity contribution in [3.05, 3.63) is 34.1 Å². The van der Waals surface area contributed by atoms with Gasteiger partial charge in [0.2, 0.25) is 0 Å². The molecule has 1 N–H and O–H groups in total. The van der Waals surface area contributed by atoms with Crippen molar-refractivity contribution in [1.29, 1.82) is 0 Å². The summed E-state index contributed by atoms with van der Waals surface area (Å²) < 4.78 is 13.4. The first-order valence-electron chi connectivity index (χ1n) is 5.15.